The Morgan fingerprint density at radius 3 is 2.75 bits per heavy atom. The van der Waals surface area contributed by atoms with E-state index in [9.17, 15) is 14.4 Å². The van der Waals surface area contributed by atoms with Crippen LogP contribution in [0.5, 0.6) is 0 Å². The second-order valence-corrected chi connectivity index (χ2v) is 8.37. The highest BCUT2D eigenvalue weighted by Gasteiger charge is 2.11. The highest BCUT2D eigenvalue weighted by atomic mass is 32.2. The molecule has 3 rings (SSSR count). The monoisotopic (exact) mass is 457 g/mol. The Morgan fingerprint density at radius 2 is 2.03 bits per heavy atom. The first kappa shape index (κ1) is 23.5. The van der Waals surface area contributed by atoms with Crippen LogP contribution in [-0.4, -0.2) is 28.4 Å². The number of furan rings is 1. The summed E-state index contributed by atoms with van der Waals surface area (Å²) in [5.74, 6) is 2.02. The summed E-state index contributed by atoms with van der Waals surface area (Å²) in [5.41, 5.74) is 2.44. The van der Waals surface area contributed by atoms with Gasteiger partial charge in [-0.25, -0.2) is 9.59 Å². The predicted octanol–water partition coefficient (Wildman–Crippen LogP) is 3.85. The van der Waals surface area contributed by atoms with E-state index in [0.717, 1.165) is 17.9 Å². The van der Waals surface area contributed by atoms with E-state index in [0.29, 0.717) is 30.3 Å². The van der Waals surface area contributed by atoms with E-state index >= 15 is 0 Å². The molecule has 1 aromatic carbocycles. The van der Waals surface area contributed by atoms with Gasteiger partial charge in [0.15, 0.2) is 0 Å². The number of hydrogen-bond donors (Lipinski definition) is 2. The third-order valence-corrected chi connectivity index (χ3v) is 6.06. The van der Waals surface area contributed by atoms with Gasteiger partial charge in [-0.3, -0.25) is 14.3 Å². The van der Waals surface area contributed by atoms with Crippen LogP contribution in [0.15, 0.2) is 50.4 Å². The van der Waals surface area contributed by atoms with Gasteiger partial charge in [0.1, 0.15) is 11.6 Å². The van der Waals surface area contributed by atoms with Crippen molar-refractivity contribution in [1.29, 1.82) is 0 Å². The molecule has 0 radical (unpaired) electrons. The first-order chi connectivity index (χ1) is 15.4. The summed E-state index contributed by atoms with van der Waals surface area (Å²) in [6, 6.07) is 10.7. The lowest BCUT2D eigenvalue weighted by atomic mass is 10.1. The Bertz CT molecular complexity index is 1160. The zero-order valence-electron chi connectivity index (χ0n) is 18.4. The first-order valence-corrected chi connectivity index (χ1v) is 11.5. The average Bonchev–Trinajstić information content (AvgIpc) is 3.25. The fourth-order valence-electron chi connectivity index (χ4n) is 3.25. The van der Waals surface area contributed by atoms with Gasteiger partial charge in [0.25, 0.3) is 5.56 Å². The first-order valence-electron chi connectivity index (χ1n) is 10.4. The number of hydrogen-bond acceptors (Lipinski definition) is 7. The van der Waals surface area contributed by atoms with Gasteiger partial charge in [-0.05, 0) is 60.9 Å². The lowest BCUT2D eigenvalue weighted by Gasteiger charge is -2.11. The molecule has 32 heavy (non-hydrogen) atoms. The topological polar surface area (TPSA) is 106 Å². The summed E-state index contributed by atoms with van der Waals surface area (Å²) in [4.78, 5) is 39.0. The van der Waals surface area contributed by atoms with Gasteiger partial charge in [0.2, 0.25) is 5.76 Å². The molecule has 8 nitrogen and oxygen atoms in total. The van der Waals surface area contributed by atoms with Gasteiger partial charge in [-0.1, -0.05) is 13.0 Å². The van der Waals surface area contributed by atoms with E-state index in [2.05, 4.69) is 28.9 Å². The maximum atomic E-state index is 12.4. The van der Waals surface area contributed by atoms with Crippen molar-refractivity contribution in [3.05, 3.63) is 79.9 Å². The van der Waals surface area contributed by atoms with Crippen LogP contribution < -0.4 is 16.6 Å². The van der Waals surface area contributed by atoms with Crippen molar-refractivity contribution in [2.45, 2.75) is 39.0 Å². The number of rotatable bonds is 10. The molecule has 0 aliphatic heterocycles. The molecule has 0 atom stereocenters. The number of thioether (sulfide) groups is 1. The molecule has 0 saturated carbocycles. The molecule has 0 saturated heterocycles. The number of ether oxygens (including phenoxy) is 1. The van der Waals surface area contributed by atoms with Gasteiger partial charge in [0, 0.05) is 18.3 Å². The molecule has 0 bridgehead atoms. The largest absolute Gasteiger partial charge is 0.463 e. The van der Waals surface area contributed by atoms with E-state index in [1.807, 2.05) is 18.2 Å². The predicted molar refractivity (Wildman–Crippen MR) is 126 cm³/mol. The van der Waals surface area contributed by atoms with Crippen molar-refractivity contribution in [1.82, 2.24) is 9.55 Å². The van der Waals surface area contributed by atoms with Crippen molar-refractivity contribution in [2.75, 3.05) is 18.2 Å². The van der Waals surface area contributed by atoms with E-state index in [1.165, 1.54) is 28.9 Å². The highest BCUT2D eigenvalue weighted by Crippen LogP contribution is 2.19. The number of esters is 1. The molecule has 0 amide bonds. The number of carbonyl (C=O) groups is 1. The quantitative estimate of drug-likeness (QED) is 0.352. The zero-order valence-corrected chi connectivity index (χ0v) is 19.2. The molecular weight excluding hydrogens is 430 g/mol. The summed E-state index contributed by atoms with van der Waals surface area (Å²) in [5, 5.41) is 3.11. The third-order valence-electron chi connectivity index (χ3n) is 4.99. The van der Waals surface area contributed by atoms with E-state index in [-0.39, 0.29) is 11.3 Å². The Morgan fingerprint density at radius 1 is 1.22 bits per heavy atom. The number of carbonyl (C=O) groups excluding carboxylic acids is 1. The van der Waals surface area contributed by atoms with Crippen LogP contribution in [0.4, 0.5) is 11.5 Å². The van der Waals surface area contributed by atoms with Crippen molar-refractivity contribution < 1.29 is 13.9 Å². The molecule has 0 spiro atoms. The van der Waals surface area contributed by atoms with Crippen LogP contribution in [0.1, 0.15) is 40.8 Å². The lowest BCUT2D eigenvalue weighted by Crippen LogP contribution is -2.35. The van der Waals surface area contributed by atoms with Gasteiger partial charge >= 0.3 is 11.7 Å². The van der Waals surface area contributed by atoms with Crippen LogP contribution in [0.25, 0.3) is 0 Å². The molecular formula is C23H27N3O5S. The Kier molecular flexibility index (Phi) is 7.99. The summed E-state index contributed by atoms with van der Waals surface area (Å²) >= 11 is 1.59. The van der Waals surface area contributed by atoms with Gasteiger partial charge < -0.3 is 14.5 Å². The summed E-state index contributed by atoms with van der Waals surface area (Å²) < 4.78 is 11.2. The second kappa shape index (κ2) is 10.9. The molecule has 2 heterocycles. The average molecular weight is 458 g/mol. The fraction of sp³-hybridized carbons (Fsp3) is 0.348. The molecule has 2 N–H and O–H groups in total. The Hall–Kier alpha value is -3.20. The van der Waals surface area contributed by atoms with Gasteiger partial charge in [0.05, 0.1) is 12.9 Å². The number of aromatic amines is 1. The minimum absolute atomic E-state index is 0.173. The number of methoxy groups -OCH3 is 1. The van der Waals surface area contributed by atoms with Crippen molar-refractivity contribution >= 4 is 29.2 Å². The van der Waals surface area contributed by atoms with Crippen LogP contribution >= 0.6 is 11.8 Å². The maximum absolute atomic E-state index is 12.4. The number of anilines is 2. The molecule has 170 valence electrons. The van der Waals surface area contributed by atoms with Crippen molar-refractivity contribution in [3.8, 4) is 0 Å². The van der Waals surface area contributed by atoms with E-state index < -0.39 is 11.7 Å². The molecule has 2 aromatic heterocycles. The standard InChI is InChI=1S/C23H27N3O5S/c1-4-16-12-17(7-6-15(16)2)24-20-13-21(27)26(23(29)25-20)10-5-11-32-14-18-8-9-19(31-18)22(28)30-3/h6-9,12-13,24H,4-5,10-11,14H2,1-3H3,(H,25,29). The normalized spacial score (nSPS) is 10.8. The minimum Gasteiger partial charge on any atom is -0.463 e. The lowest BCUT2D eigenvalue weighted by molar-refractivity contribution is 0.0563. The Balaban J connectivity index is 1.53. The summed E-state index contributed by atoms with van der Waals surface area (Å²) in [7, 11) is 1.30. The summed E-state index contributed by atoms with van der Waals surface area (Å²) in [6.45, 7) is 4.46. The number of H-pyrrole nitrogens is 1. The molecule has 0 unspecified atom stereocenters. The number of nitrogens with one attached hydrogen (secondary N) is 2. The SMILES string of the molecule is CCc1cc(Nc2cc(=O)n(CCCSCc3ccc(C(=O)OC)o3)c(=O)[nH]2)ccc1C. The molecule has 0 aliphatic carbocycles. The second-order valence-electron chi connectivity index (χ2n) is 7.26. The van der Waals surface area contributed by atoms with Crippen LogP contribution in [0, 0.1) is 6.92 Å². The van der Waals surface area contributed by atoms with E-state index in [4.69, 9.17) is 4.42 Å². The smallest absolute Gasteiger partial charge is 0.373 e. The number of aromatic nitrogens is 2. The molecule has 0 aliphatic rings. The maximum Gasteiger partial charge on any atom is 0.373 e. The number of benzene rings is 1. The highest BCUT2D eigenvalue weighted by molar-refractivity contribution is 7.98. The van der Waals surface area contributed by atoms with Crippen LogP contribution in [0.3, 0.4) is 0 Å². The van der Waals surface area contributed by atoms with Gasteiger partial charge in [-0.15, -0.1) is 0 Å². The molecule has 3 aromatic rings. The van der Waals surface area contributed by atoms with Crippen LogP contribution in [0.2, 0.25) is 0 Å². The summed E-state index contributed by atoms with van der Waals surface area (Å²) in [6.07, 6.45) is 1.55. The third kappa shape index (κ3) is 5.94. The molecule has 9 heteroatoms. The minimum atomic E-state index is -0.508. The van der Waals surface area contributed by atoms with Crippen LogP contribution in [-0.2, 0) is 23.5 Å². The molecule has 0 fully saturated rings. The number of aryl methyl sites for hydroxylation is 2. The fourth-order valence-corrected chi connectivity index (χ4v) is 4.08. The van der Waals surface area contributed by atoms with E-state index in [1.54, 1.807) is 23.9 Å². The van der Waals surface area contributed by atoms with Crippen molar-refractivity contribution in [3.63, 3.8) is 0 Å². The van der Waals surface area contributed by atoms with Gasteiger partial charge in [-0.2, -0.15) is 11.8 Å². The zero-order chi connectivity index (χ0) is 23.1. The number of nitrogens with zero attached hydrogens (tertiary/aromatic N) is 1. The van der Waals surface area contributed by atoms with Crippen molar-refractivity contribution in [2.24, 2.45) is 0 Å². The Labute approximate surface area is 190 Å².